The Balaban J connectivity index is 1.80. The smallest absolute Gasteiger partial charge is 0.192 e. The largest absolute Gasteiger partial charge is 0.298 e. The number of pyridine rings is 1. The summed E-state index contributed by atoms with van der Waals surface area (Å²) in [5, 5.41) is 12.9. The summed E-state index contributed by atoms with van der Waals surface area (Å²) < 4.78 is 2.07. The lowest BCUT2D eigenvalue weighted by Crippen LogP contribution is -2.10. The van der Waals surface area contributed by atoms with Crippen molar-refractivity contribution in [2.45, 2.75) is 43.6 Å². The first-order valence-corrected chi connectivity index (χ1v) is 9.87. The molecule has 0 aliphatic carbocycles. The van der Waals surface area contributed by atoms with Crippen molar-refractivity contribution >= 4 is 23.1 Å². The number of allylic oxidation sites excluding steroid dienone is 1. The van der Waals surface area contributed by atoms with Gasteiger partial charge in [0, 0.05) is 41.0 Å². The zero-order valence-electron chi connectivity index (χ0n) is 14.6. The molecule has 3 heterocycles. The SMILES string of the molecule is C=CCn1c(SCc2csc(C(C)(C)C)n2)nnc1-c1ccncc1. The van der Waals surface area contributed by atoms with Gasteiger partial charge in [-0.3, -0.25) is 9.55 Å². The second kappa shape index (κ2) is 7.49. The van der Waals surface area contributed by atoms with Crippen LogP contribution in [0, 0.1) is 0 Å². The molecule has 0 bridgehead atoms. The van der Waals surface area contributed by atoms with Crippen LogP contribution in [0.3, 0.4) is 0 Å². The summed E-state index contributed by atoms with van der Waals surface area (Å²) >= 11 is 3.37. The zero-order valence-corrected chi connectivity index (χ0v) is 16.3. The normalized spacial score (nSPS) is 11.6. The minimum absolute atomic E-state index is 0.0883. The molecule has 3 rings (SSSR count). The van der Waals surface area contributed by atoms with Crippen LogP contribution in [-0.4, -0.2) is 24.7 Å². The van der Waals surface area contributed by atoms with Gasteiger partial charge >= 0.3 is 0 Å². The summed E-state index contributed by atoms with van der Waals surface area (Å²) in [6, 6.07) is 3.88. The number of thiazole rings is 1. The van der Waals surface area contributed by atoms with Gasteiger partial charge in [-0.25, -0.2) is 4.98 Å². The maximum absolute atomic E-state index is 4.75. The fraction of sp³-hybridized carbons (Fsp3) is 0.333. The molecule has 3 aromatic heterocycles. The quantitative estimate of drug-likeness (QED) is 0.469. The molecule has 0 saturated carbocycles. The molecule has 0 fully saturated rings. The Morgan fingerprint density at radius 1 is 1.24 bits per heavy atom. The van der Waals surface area contributed by atoms with E-state index in [0.717, 1.165) is 33.0 Å². The summed E-state index contributed by atoms with van der Waals surface area (Å²) in [5.41, 5.74) is 2.17. The Labute approximate surface area is 156 Å². The molecule has 7 heteroatoms. The second-order valence-corrected chi connectivity index (χ2v) is 8.42. The van der Waals surface area contributed by atoms with Gasteiger partial charge in [0.15, 0.2) is 11.0 Å². The summed E-state index contributed by atoms with van der Waals surface area (Å²) in [6.45, 7) is 11.1. The molecule has 3 aromatic rings. The molecule has 25 heavy (non-hydrogen) atoms. The van der Waals surface area contributed by atoms with Gasteiger partial charge in [-0.2, -0.15) is 0 Å². The third-order valence-electron chi connectivity index (χ3n) is 3.51. The maximum Gasteiger partial charge on any atom is 0.192 e. The third kappa shape index (κ3) is 4.16. The first-order chi connectivity index (χ1) is 12.0. The van der Waals surface area contributed by atoms with E-state index in [1.165, 1.54) is 0 Å². The molecule has 0 aromatic carbocycles. The highest BCUT2D eigenvalue weighted by atomic mass is 32.2. The molecule has 0 radical (unpaired) electrons. The van der Waals surface area contributed by atoms with E-state index in [1.54, 1.807) is 35.5 Å². The van der Waals surface area contributed by atoms with E-state index in [0.29, 0.717) is 6.54 Å². The van der Waals surface area contributed by atoms with Crippen LogP contribution in [0.4, 0.5) is 0 Å². The van der Waals surface area contributed by atoms with Gasteiger partial charge < -0.3 is 0 Å². The number of hydrogen-bond acceptors (Lipinski definition) is 6. The Kier molecular flexibility index (Phi) is 5.34. The van der Waals surface area contributed by atoms with Crippen molar-refractivity contribution in [3.05, 3.63) is 53.3 Å². The van der Waals surface area contributed by atoms with Gasteiger partial charge in [0.25, 0.3) is 0 Å². The number of rotatable bonds is 6. The van der Waals surface area contributed by atoms with Crippen molar-refractivity contribution in [2.24, 2.45) is 0 Å². The van der Waals surface area contributed by atoms with Crippen molar-refractivity contribution in [1.29, 1.82) is 0 Å². The van der Waals surface area contributed by atoms with E-state index in [1.807, 2.05) is 18.2 Å². The van der Waals surface area contributed by atoms with Crippen LogP contribution in [0.5, 0.6) is 0 Å². The minimum atomic E-state index is 0.0883. The molecule has 130 valence electrons. The predicted molar refractivity (Wildman–Crippen MR) is 104 cm³/mol. The van der Waals surface area contributed by atoms with Crippen LogP contribution in [0.2, 0.25) is 0 Å². The molecule has 0 aliphatic heterocycles. The average molecular weight is 372 g/mol. The summed E-state index contributed by atoms with van der Waals surface area (Å²) in [4.78, 5) is 8.81. The van der Waals surface area contributed by atoms with Crippen LogP contribution in [0.25, 0.3) is 11.4 Å². The number of nitrogens with zero attached hydrogens (tertiary/aromatic N) is 5. The Morgan fingerprint density at radius 3 is 2.64 bits per heavy atom. The molecule has 0 atom stereocenters. The van der Waals surface area contributed by atoms with E-state index in [9.17, 15) is 0 Å². The van der Waals surface area contributed by atoms with Crippen molar-refractivity contribution in [3.8, 4) is 11.4 Å². The molecule has 0 saturated heterocycles. The minimum Gasteiger partial charge on any atom is -0.298 e. The lowest BCUT2D eigenvalue weighted by atomic mass is 9.98. The van der Waals surface area contributed by atoms with Crippen LogP contribution >= 0.6 is 23.1 Å². The fourth-order valence-electron chi connectivity index (χ4n) is 2.26. The van der Waals surface area contributed by atoms with Gasteiger partial charge in [0.05, 0.1) is 10.7 Å². The molecule has 0 amide bonds. The third-order valence-corrected chi connectivity index (χ3v) is 5.83. The van der Waals surface area contributed by atoms with Crippen molar-refractivity contribution in [3.63, 3.8) is 0 Å². The first-order valence-electron chi connectivity index (χ1n) is 8.01. The fourth-order valence-corrected chi connectivity index (χ4v) is 4.11. The predicted octanol–water partition coefficient (Wildman–Crippen LogP) is 4.57. The maximum atomic E-state index is 4.75. The average Bonchev–Trinajstić information content (AvgIpc) is 3.21. The first kappa shape index (κ1) is 17.8. The molecule has 5 nitrogen and oxygen atoms in total. The van der Waals surface area contributed by atoms with Crippen LogP contribution in [-0.2, 0) is 17.7 Å². The van der Waals surface area contributed by atoms with Gasteiger partial charge in [0.1, 0.15) is 0 Å². The Morgan fingerprint density at radius 2 is 2.00 bits per heavy atom. The van der Waals surface area contributed by atoms with E-state index < -0.39 is 0 Å². The molecular formula is C18H21N5S2. The zero-order chi connectivity index (χ0) is 17.9. The molecule has 0 unspecified atom stereocenters. The van der Waals surface area contributed by atoms with Crippen molar-refractivity contribution in [2.75, 3.05) is 0 Å². The lowest BCUT2D eigenvalue weighted by Gasteiger charge is -2.13. The highest BCUT2D eigenvalue weighted by Gasteiger charge is 2.19. The number of hydrogen-bond donors (Lipinski definition) is 0. The summed E-state index contributed by atoms with van der Waals surface area (Å²) in [5.74, 6) is 1.61. The standard InChI is InChI=1S/C18H21N5S2/c1-5-10-23-15(13-6-8-19-9-7-13)21-22-17(23)25-12-14-11-24-16(20-14)18(2,3)4/h5-9,11H,1,10,12H2,2-4H3. The van der Waals surface area contributed by atoms with Crippen molar-refractivity contribution < 1.29 is 0 Å². The van der Waals surface area contributed by atoms with Crippen LogP contribution < -0.4 is 0 Å². The highest BCUT2D eigenvalue weighted by Crippen LogP contribution is 2.29. The van der Waals surface area contributed by atoms with E-state index >= 15 is 0 Å². The number of thioether (sulfide) groups is 1. The Hall–Kier alpha value is -1.99. The van der Waals surface area contributed by atoms with Crippen LogP contribution in [0.1, 0.15) is 31.5 Å². The molecule has 0 spiro atoms. The highest BCUT2D eigenvalue weighted by molar-refractivity contribution is 7.98. The van der Waals surface area contributed by atoms with Gasteiger partial charge in [-0.1, -0.05) is 38.6 Å². The van der Waals surface area contributed by atoms with E-state index in [-0.39, 0.29) is 5.41 Å². The second-order valence-electron chi connectivity index (χ2n) is 6.62. The van der Waals surface area contributed by atoms with Gasteiger partial charge in [-0.05, 0) is 12.1 Å². The van der Waals surface area contributed by atoms with Crippen molar-refractivity contribution in [1.82, 2.24) is 24.7 Å². The summed E-state index contributed by atoms with van der Waals surface area (Å²) in [7, 11) is 0. The molecular weight excluding hydrogens is 350 g/mol. The topological polar surface area (TPSA) is 56.5 Å². The lowest BCUT2D eigenvalue weighted by molar-refractivity contribution is 0.584. The van der Waals surface area contributed by atoms with E-state index in [2.05, 4.69) is 52.5 Å². The summed E-state index contributed by atoms with van der Waals surface area (Å²) in [6.07, 6.45) is 5.38. The molecule has 0 aliphatic rings. The van der Waals surface area contributed by atoms with Crippen LogP contribution in [0.15, 0.2) is 47.7 Å². The number of aromatic nitrogens is 5. The Bertz CT molecular complexity index is 846. The van der Waals surface area contributed by atoms with E-state index in [4.69, 9.17) is 4.98 Å². The molecule has 0 N–H and O–H groups in total. The monoisotopic (exact) mass is 371 g/mol. The van der Waals surface area contributed by atoms with Gasteiger partial charge in [-0.15, -0.1) is 28.1 Å². The van der Waals surface area contributed by atoms with Gasteiger partial charge in [0.2, 0.25) is 0 Å².